The summed E-state index contributed by atoms with van der Waals surface area (Å²) in [5.41, 5.74) is -12.7. The third kappa shape index (κ3) is 8.26. The molecule has 0 nitrogen and oxygen atoms in total. The zero-order valence-electron chi connectivity index (χ0n) is 36.7. The first-order valence-electron chi connectivity index (χ1n) is 21.3. The number of allylic oxidation sites excluding steroid dienone is 2. The molecule has 0 aromatic heterocycles. The molecule has 377 valence electrons. The van der Waals surface area contributed by atoms with Crippen molar-refractivity contribution in [3.8, 4) is 22.3 Å². The van der Waals surface area contributed by atoms with Crippen LogP contribution in [0.15, 0.2) is 96.1 Å². The molecule has 4 aromatic carbocycles. The van der Waals surface area contributed by atoms with Crippen molar-refractivity contribution in [2.24, 2.45) is 5.92 Å². The van der Waals surface area contributed by atoms with Crippen LogP contribution >= 0.6 is 17.0 Å². The molecular weight excluding hydrogens is 1100 g/mol. The Balaban J connectivity index is 1.55. The second-order valence-electron chi connectivity index (χ2n) is 17.9. The second-order valence-corrected chi connectivity index (χ2v) is 60.4. The van der Waals surface area contributed by atoms with Gasteiger partial charge in [-0.3, -0.25) is 0 Å². The molecule has 0 radical (unpaired) electrons. The Kier molecular flexibility index (Phi) is 14.2. The van der Waals surface area contributed by atoms with Gasteiger partial charge in [0.15, 0.2) is 0 Å². The molecule has 4 aromatic rings. The van der Waals surface area contributed by atoms with Crippen LogP contribution in [0.25, 0.3) is 34.4 Å². The van der Waals surface area contributed by atoms with Gasteiger partial charge in [0, 0.05) is 0 Å². The maximum absolute atomic E-state index is 14.1. The first kappa shape index (κ1) is 55.1. The SMILES string of the molecule is CCCC(C)C1=Cc2c(-c3ccc(C(C(F)(F)F)(C(F)(F)F)C(F)(F)F)cc3)cccc2[CH]1[Zr]([Cl])([Cl])([CH]1C(CC)=Cc2c(-c3ccc(C(C(F)(F)F)(C(F)(F)F)C(F)(F)F)cc3)cccc21)[SiH](C)C. The number of benzene rings is 4. The first-order chi connectivity index (χ1) is 31.4. The van der Waals surface area contributed by atoms with Gasteiger partial charge in [-0.25, -0.2) is 0 Å². The van der Waals surface area contributed by atoms with E-state index in [9.17, 15) is 79.0 Å². The molecule has 6 rings (SSSR count). The molecule has 0 N–H and O–H groups in total. The molecule has 2 aliphatic rings. The summed E-state index contributed by atoms with van der Waals surface area (Å²) in [6, 6.07) is 13.1. The second kappa shape index (κ2) is 17.8. The molecule has 22 heteroatoms. The summed E-state index contributed by atoms with van der Waals surface area (Å²) < 4.78 is 251. The van der Waals surface area contributed by atoms with E-state index in [0.717, 1.165) is 29.8 Å². The van der Waals surface area contributed by atoms with Crippen molar-refractivity contribution in [2.75, 3.05) is 0 Å². The fourth-order valence-electron chi connectivity index (χ4n) is 10.6. The van der Waals surface area contributed by atoms with Gasteiger partial charge in [-0.1, -0.05) is 0 Å². The van der Waals surface area contributed by atoms with Gasteiger partial charge in [0.25, 0.3) is 0 Å². The van der Waals surface area contributed by atoms with Crippen LogP contribution in [0.3, 0.4) is 0 Å². The monoisotopic (exact) mass is 1140 g/mol. The number of fused-ring (bicyclic) bond motifs is 2. The van der Waals surface area contributed by atoms with E-state index in [2.05, 4.69) is 0 Å². The van der Waals surface area contributed by atoms with Gasteiger partial charge >= 0.3 is 396 Å². The van der Waals surface area contributed by atoms with Gasteiger partial charge in [-0.2, -0.15) is 0 Å². The summed E-state index contributed by atoms with van der Waals surface area (Å²) >= 11 is -5.82. The topological polar surface area (TPSA) is 0 Å². The first-order valence-corrected chi connectivity index (χ1v) is 37.6. The van der Waals surface area contributed by atoms with E-state index >= 15 is 0 Å². The summed E-state index contributed by atoms with van der Waals surface area (Å²) in [5.74, 6) is -2.65. The molecule has 0 amide bonds. The van der Waals surface area contributed by atoms with E-state index in [-0.39, 0.29) is 52.4 Å². The third-order valence-electron chi connectivity index (χ3n) is 14.0. The maximum atomic E-state index is 14.1. The number of rotatable bonds is 11. The van der Waals surface area contributed by atoms with Crippen molar-refractivity contribution in [3.63, 3.8) is 0 Å². The molecule has 0 heterocycles. The number of halogens is 20. The van der Waals surface area contributed by atoms with Gasteiger partial charge in [0.2, 0.25) is 0 Å². The molecule has 0 spiro atoms. The molecule has 0 saturated carbocycles. The summed E-state index contributed by atoms with van der Waals surface area (Å²) in [5, 5.41) is 0. The summed E-state index contributed by atoms with van der Waals surface area (Å²) in [4.78, 5) is 0. The van der Waals surface area contributed by atoms with Gasteiger partial charge in [0.1, 0.15) is 0 Å². The molecule has 0 aliphatic heterocycles. The van der Waals surface area contributed by atoms with Crippen LogP contribution < -0.4 is 0 Å². The van der Waals surface area contributed by atoms with Crippen LogP contribution in [0, 0.1) is 5.92 Å². The summed E-state index contributed by atoms with van der Waals surface area (Å²) in [6.45, 7) is 9.55. The normalized spacial score (nSPS) is 18.7. The van der Waals surface area contributed by atoms with Gasteiger partial charge in [-0.15, -0.1) is 0 Å². The standard InChI is InChI=1S/C24H20F9.C21H14F9.C2H7Si.2ClH.Zr/c1-3-5-14(2)17-12-16-6-4-7-19(20(16)13-17)15-8-10-18(11-9-15)21(22(25,26)27,23(28,29)30)24(31,32)33;1-2-12-10-14-4-3-5-16(17(14)11-12)13-6-8-15(9-7-13)18(19(22,23)24,20(25,26)27)21(28,29)30;1-3-2;;;/h4,6-14H,3,5H2,1-2H3;3-11H,2H2,1H3;3H,1-2H3;2*1H;/q;;;;;+2/p-2. The molecule has 3 unspecified atom stereocenters. The average molecular weight is 1140 g/mol. The molecule has 69 heavy (non-hydrogen) atoms. The van der Waals surface area contributed by atoms with Crippen LogP contribution in [0.2, 0.25) is 13.1 Å². The fourth-order valence-corrected chi connectivity index (χ4v) is 42.1. The fraction of sp³-hybridized carbons (Fsp3) is 0.404. The van der Waals surface area contributed by atoms with E-state index in [0.29, 0.717) is 47.1 Å². The molecule has 0 bridgehead atoms. The van der Waals surface area contributed by atoms with E-state index in [1.807, 2.05) is 26.9 Å². The van der Waals surface area contributed by atoms with Crippen LogP contribution in [-0.2, 0) is 26.4 Å². The van der Waals surface area contributed by atoms with Gasteiger partial charge in [-0.05, 0) is 0 Å². The average Bonchev–Trinajstić information content (AvgIpc) is 3.80. The predicted octanol–water partition coefficient (Wildman–Crippen LogP) is 18.3. The summed E-state index contributed by atoms with van der Waals surface area (Å²) in [7, 11) is 16.8. The number of hydrogen-bond acceptors (Lipinski definition) is 0. The van der Waals surface area contributed by atoms with Crippen molar-refractivity contribution in [3.05, 3.63) is 129 Å². The molecule has 2 aliphatic carbocycles. The van der Waals surface area contributed by atoms with E-state index in [1.165, 1.54) is 12.1 Å². The number of hydrogen-bond donors (Lipinski definition) is 0. The Hall–Kier alpha value is -3.22. The van der Waals surface area contributed by atoms with Crippen LogP contribution in [0.5, 0.6) is 0 Å². The zero-order chi connectivity index (χ0) is 52.1. The predicted molar refractivity (Wildman–Crippen MR) is 230 cm³/mol. The Labute approximate surface area is 393 Å². The Morgan fingerprint density at radius 1 is 0.507 bits per heavy atom. The summed E-state index contributed by atoms with van der Waals surface area (Å²) in [6.07, 6.45) is -35.9. The molecule has 0 saturated heterocycles. The van der Waals surface area contributed by atoms with E-state index in [1.54, 1.807) is 43.3 Å². The third-order valence-corrected chi connectivity index (χ3v) is 65.7. The Morgan fingerprint density at radius 2 is 0.855 bits per heavy atom. The minimum atomic E-state index is -6.84. The van der Waals surface area contributed by atoms with Crippen molar-refractivity contribution in [1.29, 1.82) is 0 Å². The quantitative estimate of drug-likeness (QED) is 0.104. The number of alkyl halides is 18. The van der Waals surface area contributed by atoms with Crippen molar-refractivity contribution >= 4 is 35.1 Å². The Bertz CT molecular complexity index is 2560. The minimum absolute atomic E-state index is 0.0230. The molecular formula is C47H41Cl2F18SiZr. The van der Waals surface area contributed by atoms with Crippen molar-refractivity contribution < 1.29 is 94.6 Å². The zero-order valence-corrected chi connectivity index (χ0v) is 41.9. The molecule has 3 atom stereocenters. The van der Waals surface area contributed by atoms with Gasteiger partial charge in [0.05, 0.1) is 0 Å². The molecule has 0 fully saturated rings. The van der Waals surface area contributed by atoms with Crippen LogP contribution in [-0.4, -0.2) is 43.0 Å². The van der Waals surface area contributed by atoms with E-state index in [4.69, 9.17) is 17.0 Å². The van der Waals surface area contributed by atoms with E-state index < -0.39 is 87.7 Å². The Morgan fingerprint density at radius 3 is 1.17 bits per heavy atom. The van der Waals surface area contributed by atoms with Gasteiger partial charge < -0.3 is 0 Å². The van der Waals surface area contributed by atoms with Crippen LogP contribution in [0.4, 0.5) is 79.0 Å². The van der Waals surface area contributed by atoms with Crippen molar-refractivity contribution in [2.45, 2.75) is 108 Å². The van der Waals surface area contributed by atoms with Crippen LogP contribution in [0.1, 0.15) is 80.7 Å². The van der Waals surface area contributed by atoms with Crippen molar-refractivity contribution in [1.82, 2.24) is 0 Å².